The largest absolute Gasteiger partial charge is 0.481 e. The minimum absolute atomic E-state index is 0.00231. The Labute approximate surface area is 367 Å². The molecule has 1 aliphatic rings. The molecule has 63 heavy (non-hydrogen) atoms. The number of aromatic nitrogens is 2. The summed E-state index contributed by atoms with van der Waals surface area (Å²) in [6.45, 7) is 13.3. The molecule has 1 saturated heterocycles. The van der Waals surface area contributed by atoms with Crippen LogP contribution in [0.15, 0.2) is 12.5 Å². The molecule has 1 aliphatic heterocycles. The first-order valence-corrected chi connectivity index (χ1v) is 22.3. The van der Waals surface area contributed by atoms with Crippen molar-refractivity contribution < 1.29 is 72.1 Å². The van der Waals surface area contributed by atoms with Crippen LogP contribution in [0.5, 0.6) is 0 Å². The van der Waals surface area contributed by atoms with Crippen molar-refractivity contribution in [2.75, 3.05) is 33.0 Å². The van der Waals surface area contributed by atoms with Crippen molar-refractivity contribution in [3.8, 4) is 0 Å². The number of nitrogens with zero attached hydrogens (tertiary/aromatic N) is 2. The van der Waals surface area contributed by atoms with Crippen LogP contribution in [0.3, 0.4) is 0 Å². The number of phosphoric acid groups is 1. The Kier molecular flexibility index (Phi) is 24.8. The van der Waals surface area contributed by atoms with E-state index in [1.165, 1.54) is 17.4 Å². The number of aliphatic hydroxyl groups is 2. The summed E-state index contributed by atoms with van der Waals surface area (Å²) in [5, 5.41) is 37.8. The van der Waals surface area contributed by atoms with Crippen LogP contribution in [0.4, 0.5) is 0 Å². The smallest absolute Gasteiger partial charge is 0.472 e. The number of amides is 6. The number of hydrogen-bond donors (Lipinski definition) is 10. The van der Waals surface area contributed by atoms with E-state index < -0.39 is 105 Å². The molecular formula is C39H69N8O15P. The number of likely N-dealkylation sites (tertiary alicyclic amines) is 1. The van der Waals surface area contributed by atoms with Crippen LogP contribution in [0.2, 0.25) is 0 Å². The van der Waals surface area contributed by atoms with Gasteiger partial charge < -0.3 is 61.8 Å². The maximum atomic E-state index is 13.9. The van der Waals surface area contributed by atoms with Gasteiger partial charge in [-0.3, -0.25) is 42.6 Å². The average Bonchev–Trinajstić information content (AvgIpc) is 3.87. The molecule has 2 heterocycles. The zero-order chi connectivity index (χ0) is 48.1. The summed E-state index contributed by atoms with van der Waals surface area (Å²) in [5.74, 6) is -5.71. The molecule has 23 nitrogen and oxygen atoms in total. The first-order valence-electron chi connectivity index (χ1n) is 20.8. The maximum absolute atomic E-state index is 13.9. The normalized spacial score (nSPS) is 17.3. The first kappa shape index (κ1) is 56.5. The minimum atomic E-state index is -4.95. The Morgan fingerprint density at radius 2 is 1.54 bits per heavy atom. The Morgan fingerprint density at radius 1 is 0.937 bits per heavy atom. The van der Waals surface area contributed by atoms with Crippen molar-refractivity contribution >= 4 is 49.2 Å². The Bertz CT molecular complexity index is 1680. The van der Waals surface area contributed by atoms with E-state index in [0.29, 0.717) is 31.5 Å². The summed E-state index contributed by atoms with van der Waals surface area (Å²) in [6, 6.07) is -7.07. The molecule has 24 heteroatoms. The van der Waals surface area contributed by atoms with Gasteiger partial charge in [0.05, 0.1) is 50.7 Å². The van der Waals surface area contributed by atoms with Crippen molar-refractivity contribution in [3.63, 3.8) is 0 Å². The number of nitrogens with one attached hydrogen (secondary N) is 5. The number of carbonyl (C=O) groups is 7. The first-order chi connectivity index (χ1) is 29.3. The Balaban J connectivity index is 0.00000474. The van der Waals surface area contributed by atoms with E-state index >= 15 is 0 Å². The van der Waals surface area contributed by atoms with Crippen molar-refractivity contribution in [2.24, 2.45) is 17.6 Å². The maximum Gasteiger partial charge on any atom is 0.472 e. The standard InChI is InChI=1S/C35H59N8O15P.C4H10/c1-20(2)15-23(40-34(53)26-7-6-11-43(26)27(46)8-13-56-35(4,5)10-12-44)31(50)39-24(16-22-17-37-19-38-22)32(51)41-25(18-45)33(52)42-29(30(36)49)21(3)58-59(54,55)57-14-9-28(47)48;1-4(2)3/h17,19-21,23-26,29,44-45H,6-16,18H2,1-5H3,(H2,36,49)(H,37,38)(H,39,50)(H,40,53)(H,41,51)(H,42,52)(H,47,48)(H,54,55);4H,1-3H3/t21?,23?,24-,25?,26-,29-;/m0./s1. The fourth-order valence-corrected chi connectivity index (χ4v) is 6.92. The van der Waals surface area contributed by atoms with Crippen molar-refractivity contribution in [1.82, 2.24) is 36.1 Å². The number of aliphatic carboxylic acids is 1. The highest BCUT2D eigenvalue weighted by Gasteiger charge is 2.38. The van der Waals surface area contributed by atoms with Gasteiger partial charge in [0, 0.05) is 31.5 Å². The molecule has 1 aromatic heterocycles. The average molecular weight is 921 g/mol. The van der Waals surface area contributed by atoms with Gasteiger partial charge in [0.2, 0.25) is 35.4 Å². The molecule has 0 aliphatic carbocycles. The molecule has 2 rings (SSSR count). The van der Waals surface area contributed by atoms with Gasteiger partial charge in [0.1, 0.15) is 30.2 Å². The van der Waals surface area contributed by atoms with E-state index in [1.54, 1.807) is 13.8 Å². The van der Waals surface area contributed by atoms with Gasteiger partial charge in [-0.25, -0.2) is 9.55 Å². The number of carboxylic acid groups (broad SMARTS) is 1. The van der Waals surface area contributed by atoms with E-state index in [2.05, 4.69) is 56.5 Å². The minimum Gasteiger partial charge on any atom is -0.481 e. The SMILES string of the molecule is CC(C)C.CC(C)CC(NC(=O)[C@@H]1CCCN1C(=O)CCOC(C)(C)CCO)C(=O)N[C@@H](Cc1cnc[nH]1)C(=O)NC(CO)C(=O)N[C@H](C(N)=O)C(C)OP(=O)(O)OCCC(=O)O. The summed E-state index contributed by atoms with van der Waals surface area (Å²) < 4.78 is 27.4. The van der Waals surface area contributed by atoms with Gasteiger partial charge in [-0.2, -0.15) is 0 Å². The van der Waals surface area contributed by atoms with E-state index in [-0.39, 0.29) is 44.3 Å². The molecular weight excluding hydrogens is 851 g/mol. The predicted octanol–water partition coefficient (Wildman–Crippen LogP) is -0.367. The molecule has 7 atom stereocenters. The highest BCUT2D eigenvalue weighted by atomic mass is 31.2. The lowest BCUT2D eigenvalue weighted by atomic mass is 10.0. The van der Waals surface area contributed by atoms with Gasteiger partial charge in [-0.15, -0.1) is 0 Å². The van der Waals surface area contributed by atoms with Crippen molar-refractivity contribution in [2.45, 2.75) is 142 Å². The number of carboxylic acids is 1. The second kappa shape index (κ2) is 27.6. The number of carbonyl (C=O) groups excluding carboxylic acids is 6. The van der Waals surface area contributed by atoms with Crippen LogP contribution in [-0.4, -0.2) is 151 Å². The predicted molar refractivity (Wildman–Crippen MR) is 226 cm³/mol. The molecule has 1 aromatic rings. The van der Waals surface area contributed by atoms with E-state index in [4.69, 9.17) is 20.1 Å². The third-order valence-electron chi connectivity index (χ3n) is 9.11. The zero-order valence-electron chi connectivity index (χ0n) is 37.5. The topological polar surface area (TPSA) is 351 Å². The molecule has 360 valence electrons. The molecule has 0 radical (unpaired) electrons. The molecule has 4 unspecified atom stereocenters. The van der Waals surface area contributed by atoms with Gasteiger partial charge in [-0.1, -0.05) is 34.6 Å². The summed E-state index contributed by atoms with van der Waals surface area (Å²) in [5.41, 5.74) is 5.11. The second-order valence-corrected chi connectivity index (χ2v) is 18.1. The number of H-pyrrole nitrogens is 1. The number of nitrogens with two attached hydrogens (primary N) is 1. The van der Waals surface area contributed by atoms with Crippen molar-refractivity contribution in [3.05, 3.63) is 18.2 Å². The third kappa shape index (κ3) is 22.1. The number of rotatable bonds is 27. The molecule has 1 fully saturated rings. The Hall–Kier alpha value is -4.51. The molecule has 0 bridgehead atoms. The van der Waals surface area contributed by atoms with E-state index in [9.17, 15) is 53.2 Å². The lowest BCUT2D eigenvalue weighted by molar-refractivity contribution is -0.141. The quantitative estimate of drug-likeness (QED) is 0.0504. The summed E-state index contributed by atoms with van der Waals surface area (Å²) in [4.78, 5) is 109. The van der Waals surface area contributed by atoms with E-state index in [1.807, 2.05) is 13.8 Å². The van der Waals surface area contributed by atoms with Crippen LogP contribution in [0.25, 0.3) is 0 Å². The number of aliphatic hydroxyl groups excluding tert-OH is 2. The summed E-state index contributed by atoms with van der Waals surface area (Å²) >= 11 is 0. The highest BCUT2D eigenvalue weighted by molar-refractivity contribution is 7.47. The van der Waals surface area contributed by atoms with Crippen LogP contribution < -0.4 is 27.0 Å². The molecule has 11 N–H and O–H groups in total. The number of ether oxygens (including phenoxy) is 1. The van der Waals surface area contributed by atoms with E-state index in [0.717, 1.165) is 12.8 Å². The zero-order valence-corrected chi connectivity index (χ0v) is 38.4. The number of hydrogen-bond acceptors (Lipinski definition) is 14. The van der Waals surface area contributed by atoms with Gasteiger partial charge >= 0.3 is 13.8 Å². The second-order valence-electron chi connectivity index (χ2n) is 16.7. The molecule has 0 spiro atoms. The van der Waals surface area contributed by atoms with Crippen LogP contribution in [0.1, 0.15) is 99.6 Å². The van der Waals surface area contributed by atoms with Crippen LogP contribution in [0, 0.1) is 11.8 Å². The van der Waals surface area contributed by atoms with Gasteiger partial charge in [0.25, 0.3) is 0 Å². The number of aromatic amines is 1. The summed E-state index contributed by atoms with van der Waals surface area (Å²) in [7, 11) is -4.95. The number of primary amides is 1. The fraction of sp³-hybridized carbons (Fsp3) is 0.744. The lowest BCUT2D eigenvalue weighted by Gasteiger charge is -2.29. The van der Waals surface area contributed by atoms with Crippen molar-refractivity contribution in [1.29, 1.82) is 0 Å². The fourth-order valence-electron chi connectivity index (χ4n) is 6.00. The monoisotopic (exact) mass is 920 g/mol. The van der Waals surface area contributed by atoms with Gasteiger partial charge in [-0.05, 0) is 58.3 Å². The van der Waals surface area contributed by atoms with Crippen LogP contribution in [-0.2, 0) is 58.3 Å². The van der Waals surface area contributed by atoms with Crippen LogP contribution >= 0.6 is 7.82 Å². The molecule has 6 amide bonds. The number of imidazole rings is 1. The Morgan fingerprint density at radius 3 is 2.08 bits per heavy atom. The summed E-state index contributed by atoms with van der Waals surface area (Å²) in [6.07, 6.45) is 1.62. The van der Waals surface area contributed by atoms with Gasteiger partial charge in [0.15, 0.2) is 0 Å². The molecule has 0 aromatic carbocycles. The third-order valence-corrected chi connectivity index (χ3v) is 10.2. The highest BCUT2D eigenvalue weighted by Crippen LogP contribution is 2.45. The lowest BCUT2D eigenvalue weighted by Crippen LogP contribution is -2.61. The molecule has 0 saturated carbocycles. The number of phosphoric ester groups is 1.